The zero-order valence-corrected chi connectivity index (χ0v) is 19.6. The summed E-state index contributed by atoms with van der Waals surface area (Å²) in [5.41, 5.74) is -5.65. The third-order valence-electron chi connectivity index (χ3n) is 6.25. The molecule has 2 aromatic rings. The second-order valence-electron chi connectivity index (χ2n) is 9.43. The first-order chi connectivity index (χ1) is 16.3. The van der Waals surface area contributed by atoms with Gasteiger partial charge in [-0.25, -0.2) is 4.39 Å². The highest BCUT2D eigenvalue weighted by atomic mass is 35.5. The summed E-state index contributed by atoms with van der Waals surface area (Å²) in [7, 11) is 0. The maximum absolute atomic E-state index is 14.8. The minimum Gasteiger partial charge on any atom is -0.326 e. The van der Waals surface area contributed by atoms with Crippen molar-refractivity contribution in [3.8, 4) is 0 Å². The second kappa shape index (κ2) is 8.48. The number of carbonyl (C=O) groups excluding carboxylic acids is 3. The van der Waals surface area contributed by atoms with Gasteiger partial charge in [-0.1, -0.05) is 55.8 Å². The van der Waals surface area contributed by atoms with E-state index >= 15 is 0 Å². The fourth-order valence-electron chi connectivity index (χ4n) is 4.67. The quantitative estimate of drug-likeness (QED) is 0.578. The normalized spacial score (nSPS) is 21.9. The summed E-state index contributed by atoms with van der Waals surface area (Å²) in [6.45, 7) is 3.07. The van der Waals surface area contributed by atoms with E-state index in [1.807, 2.05) is 0 Å². The van der Waals surface area contributed by atoms with Gasteiger partial charge in [0.2, 0.25) is 5.54 Å². The standard InChI is InChI=1S/C25H21ClF4N2O3/c1-23(2)11-18-20(19(33)12-23)24(25(28,29)30,31-21(34)15-8-4-6-10-17(15)27)22(35)32(18)13-14-7-3-5-9-16(14)26/h3-10H,11-13H2,1-2H3,(H,31,34)/t24-/m1/s1. The van der Waals surface area contributed by atoms with Gasteiger partial charge in [0.25, 0.3) is 11.8 Å². The molecule has 35 heavy (non-hydrogen) atoms. The predicted molar refractivity (Wildman–Crippen MR) is 120 cm³/mol. The van der Waals surface area contributed by atoms with Crippen LogP contribution in [0.1, 0.15) is 42.6 Å². The molecule has 1 heterocycles. The molecule has 0 saturated carbocycles. The summed E-state index contributed by atoms with van der Waals surface area (Å²) >= 11 is 6.20. The number of hydrogen-bond donors (Lipinski definition) is 1. The van der Waals surface area contributed by atoms with Crippen molar-refractivity contribution in [1.82, 2.24) is 10.2 Å². The van der Waals surface area contributed by atoms with E-state index < -0.39 is 51.7 Å². The summed E-state index contributed by atoms with van der Waals surface area (Å²) in [6.07, 6.45) is -5.66. The molecule has 4 rings (SSSR count). The van der Waals surface area contributed by atoms with Gasteiger partial charge >= 0.3 is 6.18 Å². The van der Waals surface area contributed by atoms with Crippen molar-refractivity contribution in [3.05, 3.63) is 81.8 Å². The highest BCUT2D eigenvalue weighted by Gasteiger charge is 2.71. The van der Waals surface area contributed by atoms with E-state index in [0.29, 0.717) is 5.56 Å². The third-order valence-corrected chi connectivity index (χ3v) is 6.62. The number of alkyl halides is 3. The maximum Gasteiger partial charge on any atom is 0.425 e. The van der Waals surface area contributed by atoms with Crippen LogP contribution in [0, 0.1) is 11.2 Å². The van der Waals surface area contributed by atoms with Gasteiger partial charge in [-0.3, -0.25) is 14.4 Å². The third kappa shape index (κ3) is 4.11. The lowest BCUT2D eigenvalue weighted by Crippen LogP contribution is -2.66. The Labute approximate surface area is 203 Å². The molecule has 0 radical (unpaired) electrons. The predicted octanol–water partition coefficient (Wildman–Crippen LogP) is 5.20. The van der Waals surface area contributed by atoms with Gasteiger partial charge in [0.15, 0.2) is 5.78 Å². The summed E-state index contributed by atoms with van der Waals surface area (Å²) in [4.78, 5) is 40.5. The molecule has 1 atom stereocenters. The van der Waals surface area contributed by atoms with Crippen LogP contribution in [-0.2, 0) is 16.1 Å². The lowest BCUT2D eigenvalue weighted by atomic mass is 9.72. The zero-order valence-electron chi connectivity index (χ0n) is 18.8. The molecule has 0 unspecified atom stereocenters. The fourth-order valence-corrected chi connectivity index (χ4v) is 4.87. The number of halogens is 5. The first-order valence-electron chi connectivity index (χ1n) is 10.7. The Morgan fingerprint density at radius 2 is 1.69 bits per heavy atom. The molecule has 0 saturated heterocycles. The topological polar surface area (TPSA) is 66.5 Å². The first kappa shape index (κ1) is 24.9. The largest absolute Gasteiger partial charge is 0.425 e. The number of amides is 2. The molecule has 10 heteroatoms. The van der Waals surface area contributed by atoms with Crippen LogP contribution in [0.15, 0.2) is 59.8 Å². The highest BCUT2D eigenvalue weighted by molar-refractivity contribution is 6.31. The summed E-state index contributed by atoms with van der Waals surface area (Å²) in [5.74, 6) is -4.97. The number of nitrogens with zero attached hydrogens (tertiary/aromatic N) is 1. The molecular formula is C25H21ClF4N2O3. The molecule has 0 aromatic heterocycles. The van der Waals surface area contributed by atoms with Crippen LogP contribution in [0.3, 0.4) is 0 Å². The summed E-state index contributed by atoms with van der Waals surface area (Å²) in [6, 6.07) is 10.8. The van der Waals surface area contributed by atoms with Crippen LogP contribution in [-0.4, -0.2) is 34.2 Å². The molecular weight excluding hydrogens is 488 g/mol. The molecule has 0 spiro atoms. The van der Waals surface area contributed by atoms with Gasteiger partial charge < -0.3 is 10.2 Å². The number of benzene rings is 2. The van der Waals surface area contributed by atoms with Crippen LogP contribution < -0.4 is 5.32 Å². The highest BCUT2D eigenvalue weighted by Crippen LogP contribution is 2.52. The molecule has 5 nitrogen and oxygen atoms in total. The molecule has 2 aromatic carbocycles. The number of ketones is 1. The Kier molecular flexibility index (Phi) is 6.03. The van der Waals surface area contributed by atoms with E-state index in [9.17, 15) is 31.9 Å². The monoisotopic (exact) mass is 508 g/mol. The number of allylic oxidation sites excluding steroid dienone is 1. The molecule has 0 bridgehead atoms. The van der Waals surface area contributed by atoms with Crippen molar-refractivity contribution in [1.29, 1.82) is 0 Å². The van der Waals surface area contributed by atoms with Crippen molar-refractivity contribution >= 4 is 29.2 Å². The number of nitrogens with one attached hydrogen (secondary N) is 1. The number of rotatable bonds is 4. The number of hydrogen-bond acceptors (Lipinski definition) is 3. The van der Waals surface area contributed by atoms with Crippen molar-refractivity contribution in [2.75, 3.05) is 0 Å². The van der Waals surface area contributed by atoms with E-state index in [4.69, 9.17) is 11.6 Å². The average molecular weight is 509 g/mol. The van der Waals surface area contributed by atoms with Crippen molar-refractivity contribution in [2.45, 2.75) is 44.9 Å². The van der Waals surface area contributed by atoms with Gasteiger partial charge in [-0.05, 0) is 35.6 Å². The molecule has 1 aliphatic carbocycles. The molecule has 2 amide bonds. The van der Waals surface area contributed by atoms with Crippen molar-refractivity contribution in [3.63, 3.8) is 0 Å². The Morgan fingerprint density at radius 3 is 2.31 bits per heavy atom. The Morgan fingerprint density at radius 1 is 1.06 bits per heavy atom. The van der Waals surface area contributed by atoms with Crippen LogP contribution in [0.4, 0.5) is 17.6 Å². The van der Waals surface area contributed by atoms with Gasteiger partial charge in [0.05, 0.1) is 17.7 Å². The smallest absolute Gasteiger partial charge is 0.326 e. The van der Waals surface area contributed by atoms with Gasteiger partial charge in [0, 0.05) is 17.1 Å². The van der Waals surface area contributed by atoms with E-state index in [1.165, 1.54) is 18.2 Å². The lowest BCUT2D eigenvalue weighted by Gasteiger charge is -2.35. The van der Waals surface area contributed by atoms with Crippen LogP contribution in [0.5, 0.6) is 0 Å². The Bertz CT molecular complexity index is 1270. The van der Waals surface area contributed by atoms with E-state index in [-0.39, 0.29) is 30.1 Å². The minimum absolute atomic E-state index is 0.0162. The van der Waals surface area contributed by atoms with E-state index in [0.717, 1.165) is 17.0 Å². The van der Waals surface area contributed by atoms with Gasteiger partial charge in [-0.2, -0.15) is 13.2 Å². The average Bonchev–Trinajstić information content (AvgIpc) is 2.97. The minimum atomic E-state index is -5.39. The van der Waals surface area contributed by atoms with Gasteiger partial charge in [0.1, 0.15) is 5.82 Å². The zero-order chi connectivity index (χ0) is 25.8. The van der Waals surface area contributed by atoms with Gasteiger partial charge in [-0.15, -0.1) is 0 Å². The van der Waals surface area contributed by atoms with Crippen LogP contribution in [0.25, 0.3) is 0 Å². The second-order valence-corrected chi connectivity index (χ2v) is 9.83. The molecule has 1 N–H and O–H groups in total. The van der Waals surface area contributed by atoms with E-state index in [1.54, 1.807) is 37.4 Å². The summed E-state index contributed by atoms with van der Waals surface area (Å²) in [5, 5.41) is 1.95. The fraction of sp³-hybridized carbons (Fsp3) is 0.320. The molecule has 1 aliphatic heterocycles. The SMILES string of the molecule is CC1(C)CC(=O)C2=C(C1)N(Cc1ccccc1Cl)C(=O)[C@@]2(NC(=O)c1ccccc1F)C(F)(F)F. The molecule has 0 fully saturated rings. The first-order valence-corrected chi connectivity index (χ1v) is 11.1. The van der Waals surface area contributed by atoms with E-state index in [2.05, 4.69) is 0 Å². The number of carbonyl (C=O) groups is 3. The Balaban J connectivity index is 1.90. The lowest BCUT2D eigenvalue weighted by molar-refractivity contribution is -0.190. The number of Topliss-reactive ketones (excluding diaryl/α,β-unsaturated/α-hetero) is 1. The van der Waals surface area contributed by atoms with Crippen LogP contribution >= 0.6 is 11.6 Å². The van der Waals surface area contributed by atoms with Crippen LogP contribution in [0.2, 0.25) is 5.02 Å². The molecule has 184 valence electrons. The summed E-state index contributed by atoms with van der Waals surface area (Å²) < 4.78 is 58.6. The Hall–Kier alpha value is -3.20. The van der Waals surface area contributed by atoms with Crippen molar-refractivity contribution < 1.29 is 31.9 Å². The maximum atomic E-state index is 14.8. The molecule has 2 aliphatic rings. The van der Waals surface area contributed by atoms with Crippen molar-refractivity contribution in [2.24, 2.45) is 5.41 Å².